The van der Waals surface area contributed by atoms with Crippen LogP contribution in [0.15, 0.2) is 29.6 Å². The number of piperidine rings is 1. The molecular formula is C16H16ClN3O3S. The zero-order valence-electron chi connectivity index (χ0n) is 12.8. The maximum atomic E-state index is 12.2. The fraction of sp³-hybridized carbons (Fsp3) is 0.312. The van der Waals surface area contributed by atoms with Crippen molar-refractivity contribution < 1.29 is 14.3 Å². The molecule has 2 aromatic rings. The smallest absolute Gasteiger partial charge is 0.271 e. The van der Waals surface area contributed by atoms with Crippen LogP contribution < -0.4 is 15.4 Å². The Labute approximate surface area is 148 Å². The van der Waals surface area contributed by atoms with E-state index in [4.69, 9.17) is 16.3 Å². The molecule has 2 amide bonds. The van der Waals surface area contributed by atoms with E-state index in [1.165, 1.54) is 11.3 Å². The standard InChI is InChI=1S/C16H16ClN3O3S/c17-10-3-5-11(6-4-10)23-8-14-19-13(9-24-14)16(22)20-12-2-1-7-18-15(12)21/h3-6,9,12H,1-2,7-8H2,(H,18,21)(H,20,22)/t12-/m1/s1. The van der Waals surface area contributed by atoms with Gasteiger partial charge in [-0.1, -0.05) is 11.6 Å². The fourth-order valence-electron chi connectivity index (χ4n) is 2.30. The average Bonchev–Trinajstić information content (AvgIpc) is 3.06. The third kappa shape index (κ3) is 4.24. The molecule has 1 aromatic carbocycles. The summed E-state index contributed by atoms with van der Waals surface area (Å²) in [6.45, 7) is 0.928. The molecule has 0 saturated carbocycles. The Kier molecular flexibility index (Phi) is 5.32. The Hall–Kier alpha value is -2.12. The number of rotatable bonds is 5. The molecule has 0 aliphatic carbocycles. The highest BCUT2D eigenvalue weighted by molar-refractivity contribution is 7.09. The molecule has 3 rings (SSSR count). The first-order chi connectivity index (χ1) is 11.6. The van der Waals surface area contributed by atoms with E-state index in [0.29, 0.717) is 34.4 Å². The molecule has 2 N–H and O–H groups in total. The van der Waals surface area contributed by atoms with Crippen LogP contribution in [0, 0.1) is 0 Å². The topological polar surface area (TPSA) is 80.3 Å². The molecule has 6 nitrogen and oxygen atoms in total. The zero-order chi connectivity index (χ0) is 16.9. The van der Waals surface area contributed by atoms with Crippen molar-refractivity contribution >= 4 is 34.8 Å². The van der Waals surface area contributed by atoms with Crippen molar-refractivity contribution in [3.63, 3.8) is 0 Å². The average molecular weight is 366 g/mol. The van der Waals surface area contributed by atoms with Gasteiger partial charge in [-0.05, 0) is 37.1 Å². The molecule has 1 fully saturated rings. The van der Waals surface area contributed by atoms with Gasteiger partial charge in [-0.2, -0.15) is 0 Å². The van der Waals surface area contributed by atoms with Crippen LogP contribution in [0.4, 0.5) is 0 Å². The second-order valence-electron chi connectivity index (χ2n) is 5.33. The summed E-state index contributed by atoms with van der Waals surface area (Å²) in [7, 11) is 0. The molecule has 1 aliphatic heterocycles. The Morgan fingerprint density at radius 2 is 2.21 bits per heavy atom. The first kappa shape index (κ1) is 16.7. The van der Waals surface area contributed by atoms with Gasteiger partial charge in [0.25, 0.3) is 5.91 Å². The van der Waals surface area contributed by atoms with Crippen molar-refractivity contribution in [3.8, 4) is 5.75 Å². The van der Waals surface area contributed by atoms with E-state index < -0.39 is 6.04 Å². The van der Waals surface area contributed by atoms with Gasteiger partial charge in [0, 0.05) is 16.9 Å². The number of ether oxygens (including phenoxy) is 1. The maximum absolute atomic E-state index is 12.2. The summed E-state index contributed by atoms with van der Waals surface area (Å²) < 4.78 is 5.60. The number of carbonyl (C=O) groups is 2. The molecule has 0 bridgehead atoms. The van der Waals surface area contributed by atoms with E-state index in [9.17, 15) is 9.59 Å². The lowest BCUT2D eigenvalue weighted by Crippen LogP contribution is -2.50. The number of nitrogens with one attached hydrogen (secondary N) is 2. The van der Waals surface area contributed by atoms with Crippen LogP contribution in [0.1, 0.15) is 28.3 Å². The van der Waals surface area contributed by atoms with Gasteiger partial charge >= 0.3 is 0 Å². The molecule has 2 heterocycles. The largest absolute Gasteiger partial charge is 0.486 e. The lowest BCUT2D eigenvalue weighted by Gasteiger charge is -2.22. The van der Waals surface area contributed by atoms with Gasteiger partial charge in [-0.25, -0.2) is 4.98 Å². The quantitative estimate of drug-likeness (QED) is 0.852. The Bertz CT molecular complexity index is 732. The normalized spacial score (nSPS) is 17.2. The highest BCUT2D eigenvalue weighted by atomic mass is 35.5. The second kappa shape index (κ2) is 7.63. The molecule has 0 spiro atoms. The number of hydrogen-bond donors (Lipinski definition) is 2. The minimum atomic E-state index is -0.485. The summed E-state index contributed by atoms with van der Waals surface area (Å²) in [5.41, 5.74) is 0.299. The van der Waals surface area contributed by atoms with Crippen LogP contribution in [-0.4, -0.2) is 29.4 Å². The van der Waals surface area contributed by atoms with Gasteiger partial charge in [0.15, 0.2) is 0 Å². The van der Waals surface area contributed by atoms with Gasteiger partial charge in [0.1, 0.15) is 29.1 Å². The van der Waals surface area contributed by atoms with Crippen LogP contribution in [0.5, 0.6) is 5.75 Å². The lowest BCUT2D eigenvalue weighted by molar-refractivity contribution is -0.124. The monoisotopic (exact) mass is 365 g/mol. The molecule has 24 heavy (non-hydrogen) atoms. The number of hydrogen-bond acceptors (Lipinski definition) is 5. The Morgan fingerprint density at radius 1 is 1.42 bits per heavy atom. The highest BCUT2D eigenvalue weighted by Gasteiger charge is 2.24. The predicted octanol–water partition coefficient (Wildman–Crippen LogP) is 2.38. The van der Waals surface area contributed by atoms with Crippen molar-refractivity contribution in [2.45, 2.75) is 25.5 Å². The Morgan fingerprint density at radius 3 is 2.96 bits per heavy atom. The minimum absolute atomic E-state index is 0.142. The molecule has 1 aliphatic rings. The number of aromatic nitrogens is 1. The van der Waals surface area contributed by atoms with E-state index in [1.54, 1.807) is 29.6 Å². The first-order valence-corrected chi connectivity index (χ1v) is 8.79. The number of nitrogens with zero attached hydrogens (tertiary/aromatic N) is 1. The lowest BCUT2D eigenvalue weighted by atomic mass is 10.1. The molecule has 1 atom stereocenters. The summed E-state index contributed by atoms with van der Waals surface area (Å²) in [5, 5.41) is 8.44. The van der Waals surface area contributed by atoms with E-state index >= 15 is 0 Å². The van der Waals surface area contributed by atoms with Crippen molar-refractivity contribution in [1.29, 1.82) is 0 Å². The van der Waals surface area contributed by atoms with Crippen LogP contribution in [0.25, 0.3) is 0 Å². The fourth-order valence-corrected chi connectivity index (χ4v) is 3.11. The maximum Gasteiger partial charge on any atom is 0.271 e. The molecule has 8 heteroatoms. The number of carbonyl (C=O) groups excluding carboxylic acids is 2. The van der Waals surface area contributed by atoms with Gasteiger partial charge in [-0.3, -0.25) is 9.59 Å². The molecule has 1 aromatic heterocycles. The van der Waals surface area contributed by atoms with E-state index in [1.807, 2.05) is 0 Å². The SMILES string of the molecule is O=C(N[C@@H]1CCCNC1=O)c1csc(COc2ccc(Cl)cc2)n1. The second-order valence-corrected chi connectivity index (χ2v) is 6.71. The first-order valence-electron chi connectivity index (χ1n) is 7.53. The van der Waals surface area contributed by atoms with E-state index in [2.05, 4.69) is 15.6 Å². The molecular weight excluding hydrogens is 350 g/mol. The predicted molar refractivity (Wildman–Crippen MR) is 91.4 cm³/mol. The summed E-state index contributed by atoms with van der Waals surface area (Å²) >= 11 is 7.16. The summed E-state index contributed by atoms with van der Waals surface area (Å²) in [4.78, 5) is 28.1. The van der Waals surface area contributed by atoms with Crippen molar-refractivity contribution in [2.75, 3.05) is 6.54 Å². The highest BCUT2D eigenvalue weighted by Crippen LogP contribution is 2.18. The van der Waals surface area contributed by atoms with Gasteiger partial charge in [0.2, 0.25) is 5.91 Å². The van der Waals surface area contributed by atoms with Crippen LogP contribution >= 0.6 is 22.9 Å². The Balaban J connectivity index is 1.55. The van der Waals surface area contributed by atoms with Crippen LogP contribution in [-0.2, 0) is 11.4 Å². The van der Waals surface area contributed by atoms with Crippen molar-refractivity contribution in [2.24, 2.45) is 0 Å². The summed E-state index contributed by atoms with van der Waals surface area (Å²) in [6, 6.07) is 6.54. The third-order valence-electron chi connectivity index (χ3n) is 3.55. The minimum Gasteiger partial charge on any atom is -0.486 e. The van der Waals surface area contributed by atoms with Crippen molar-refractivity contribution in [3.05, 3.63) is 45.4 Å². The molecule has 126 valence electrons. The van der Waals surface area contributed by atoms with Gasteiger partial charge in [0.05, 0.1) is 0 Å². The molecule has 0 unspecified atom stereocenters. The summed E-state index contributed by atoms with van der Waals surface area (Å²) in [5.74, 6) is 0.196. The van der Waals surface area contributed by atoms with E-state index in [0.717, 1.165) is 6.42 Å². The van der Waals surface area contributed by atoms with Crippen molar-refractivity contribution in [1.82, 2.24) is 15.6 Å². The number of thiazole rings is 1. The van der Waals surface area contributed by atoms with Crippen LogP contribution in [0.3, 0.4) is 0 Å². The van der Waals surface area contributed by atoms with E-state index in [-0.39, 0.29) is 18.4 Å². The third-order valence-corrected chi connectivity index (χ3v) is 4.63. The number of benzene rings is 1. The summed E-state index contributed by atoms with van der Waals surface area (Å²) in [6.07, 6.45) is 1.50. The number of halogens is 1. The molecule has 1 saturated heterocycles. The van der Waals surface area contributed by atoms with Crippen LogP contribution in [0.2, 0.25) is 5.02 Å². The van der Waals surface area contributed by atoms with Gasteiger partial charge < -0.3 is 15.4 Å². The number of amides is 2. The van der Waals surface area contributed by atoms with Gasteiger partial charge in [-0.15, -0.1) is 11.3 Å². The zero-order valence-corrected chi connectivity index (χ0v) is 14.3. The molecule has 0 radical (unpaired) electrons.